The van der Waals surface area contributed by atoms with Crippen molar-refractivity contribution in [2.24, 2.45) is 0 Å². The number of carbonyl (C=O) groups is 1. The lowest BCUT2D eigenvalue weighted by molar-refractivity contribution is -0.145. The molecular weight excluding hydrogens is 228 g/mol. The Morgan fingerprint density at radius 3 is 2.67 bits per heavy atom. The van der Waals surface area contributed by atoms with Gasteiger partial charge in [0.1, 0.15) is 6.61 Å². The number of esters is 1. The summed E-state index contributed by atoms with van der Waals surface area (Å²) in [6, 6.07) is 9.76. The van der Waals surface area contributed by atoms with Crippen molar-refractivity contribution in [3.63, 3.8) is 0 Å². The Hall–Kier alpha value is -1.39. The third-order valence-corrected chi connectivity index (χ3v) is 3.02. The smallest absolute Gasteiger partial charge is 0.307 e. The Bertz CT molecular complexity index is 361. The van der Waals surface area contributed by atoms with E-state index in [4.69, 9.17) is 4.74 Å². The van der Waals surface area contributed by atoms with E-state index in [0.29, 0.717) is 13.0 Å². The number of nitrogens with zero attached hydrogens (tertiary/aromatic N) is 2. The SMILES string of the molecule is O=C(CCN1CC[N]CC1)OCc1ccccc1. The first-order valence-electron chi connectivity index (χ1n) is 6.40. The molecule has 1 aliphatic rings. The average Bonchev–Trinajstić information content (AvgIpc) is 2.45. The highest BCUT2D eigenvalue weighted by molar-refractivity contribution is 5.69. The van der Waals surface area contributed by atoms with E-state index in [1.54, 1.807) is 0 Å². The van der Waals surface area contributed by atoms with E-state index in [1.807, 2.05) is 30.3 Å². The highest BCUT2D eigenvalue weighted by Gasteiger charge is 2.12. The predicted molar refractivity (Wildman–Crippen MR) is 69.2 cm³/mol. The van der Waals surface area contributed by atoms with Gasteiger partial charge in [0, 0.05) is 32.7 Å². The minimum atomic E-state index is -0.124. The highest BCUT2D eigenvalue weighted by atomic mass is 16.5. The monoisotopic (exact) mass is 247 g/mol. The van der Waals surface area contributed by atoms with Crippen LogP contribution in [0.2, 0.25) is 0 Å². The molecule has 1 saturated heterocycles. The molecule has 97 valence electrons. The van der Waals surface area contributed by atoms with Crippen molar-refractivity contribution in [2.45, 2.75) is 13.0 Å². The molecule has 2 rings (SSSR count). The van der Waals surface area contributed by atoms with Gasteiger partial charge < -0.3 is 9.64 Å². The van der Waals surface area contributed by atoms with Crippen molar-refractivity contribution in [1.29, 1.82) is 0 Å². The second kappa shape index (κ2) is 7.13. The van der Waals surface area contributed by atoms with Crippen molar-refractivity contribution < 1.29 is 9.53 Å². The Labute approximate surface area is 108 Å². The van der Waals surface area contributed by atoms with Crippen LogP contribution in [0.4, 0.5) is 0 Å². The fourth-order valence-corrected chi connectivity index (χ4v) is 1.93. The number of hydrogen-bond donors (Lipinski definition) is 0. The third-order valence-electron chi connectivity index (χ3n) is 3.02. The fourth-order valence-electron chi connectivity index (χ4n) is 1.93. The van der Waals surface area contributed by atoms with Crippen LogP contribution in [0.3, 0.4) is 0 Å². The van der Waals surface area contributed by atoms with Gasteiger partial charge in [0.15, 0.2) is 0 Å². The topological polar surface area (TPSA) is 43.6 Å². The van der Waals surface area contributed by atoms with Crippen LogP contribution >= 0.6 is 0 Å². The summed E-state index contributed by atoms with van der Waals surface area (Å²) in [7, 11) is 0. The molecule has 0 spiro atoms. The minimum absolute atomic E-state index is 0.124. The molecule has 0 amide bonds. The molecule has 0 aromatic heterocycles. The van der Waals surface area contributed by atoms with Crippen LogP contribution in [0.15, 0.2) is 30.3 Å². The Morgan fingerprint density at radius 2 is 1.94 bits per heavy atom. The molecule has 0 unspecified atom stereocenters. The van der Waals surface area contributed by atoms with Gasteiger partial charge in [0.25, 0.3) is 0 Å². The molecule has 0 saturated carbocycles. The van der Waals surface area contributed by atoms with E-state index in [2.05, 4.69) is 10.2 Å². The summed E-state index contributed by atoms with van der Waals surface area (Å²) in [5.74, 6) is -0.124. The van der Waals surface area contributed by atoms with Gasteiger partial charge in [-0.05, 0) is 5.56 Å². The lowest BCUT2D eigenvalue weighted by Crippen LogP contribution is -2.41. The van der Waals surface area contributed by atoms with Gasteiger partial charge in [0.2, 0.25) is 0 Å². The second-order valence-corrected chi connectivity index (χ2v) is 4.41. The van der Waals surface area contributed by atoms with Crippen LogP contribution < -0.4 is 5.32 Å². The molecule has 1 radical (unpaired) electrons. The summed E-state index contributed by atoms with van der Waals surface area (Å²) in [4.78, 5) is 13.8. The summed E-state index contributed by atoms with van der Waals surface area (Å²) in [5, 5.41) is 4.27. The van der Waals surface area contributed by atoms with Gasteiger partial charge in [-0.2, -0.15) is 0 Å². The van der Waals surface area contributed by atoms with Gasteiger partial charge in [0.05, 0.1) is 6.42 Å². The Balaban J connectivity index is 1.63. The van der Waals surface area contributed by atoms with Gasteiger partial charge >= 0.3 is 5.97 Å². The molecule has 1 aliphatic heterocycles. The zero-order valence-corrected chi connectivity index (χ0v) is 10.5. The maximum atomic E-state index is 11.6. The van der Waals surface area contributed by atoms with Gasteiger partial charge in [-0.15, -0.1) is 0 Å². The first-order valence-corrected chi connectivity index (χ1v) is 6.40. The summed E-state index contributed by atoms with van der Waals surface area (Å²) in [6.45, 7) is 4.86. The molecule has 1 aromatic carbocycles. The molecule has 1 heterocycles. The summed E-state index contributed by atoms with van der Waals surface area (Å²) in [6.07, 6.45) is 0.465. The summed E-state index contributed by atoms with van der Waals surface area (Å²) < 4.78 is 5.23. The van der Waals surface area contributed by atoms with Crippen molar-refractivity contribution >= 4 is 5.97 Å². The average molecular weight is 247 g/mol. The summed E-state index contributed by atoms with van der Waals surface area (Å²) in [5.41, 5.74) is 1.03. The molecule has 4 heteroatoms. The molecule has 0 atom stereocenters. The first kappa shape index (κ1) is 13.1. The molecule has 1 aromatic rings. The van der Waals surface area contributed by atoms with Gasteiger partial charge in [-0.1, -0.05) is 30.3 Å². The van der Waals surface area contributed by atoms with E-state index in [-0.39, 0.29) is 5.97 Å². The molecule has 0 N–H and O–H groups in total. The maximum absolute atomic E-state index is 11.6. The third kappa shape index (κ3) is 4.47. The Morgan fingerprint density at radius 1 is 1.22 bits per heavy atom. The number of hydrogen-bond acceptors (Lipinski definition) is 3. The quantitative estimate of drug-likeness (QED) is 0.730. The van der Waals surface area contributed by atoms with Crippen LogP contribution in [0.5, 0.6) is 0 Å². The number of rotatable bonds is 5. The number of piperazine rings is 1. The summed E-state index contributed by atoms with van der Waals surface area (Å²) >= 11 is 0. The molecule has 18 heavy (non-hydrogen) atoms. The molecular formula is C14H19N2O2. The van der Waals surface area contributed by atoms with Crippen LogP contribution in [-0.2, 0) is 16.1 Å². The normalized spacial score (nSPS) is 16.4. The Kier molecular flexibility index (Phi) is 5.17. The molecule has 0 bridgehead atoms. The van der Waals surface area contributed by atoms with E-state index in [9.17, 15) is 4.79 Å². The van der Waals surface area contributed by atoms with Gasteiger partial charge in [-0.3, -0.25) is 4.79 Å². The number of benzene rings is 1. The lowest BCUT2D eigenvalue weighted by atomic mass is 10.2. The largest absolute Gasteiger partial charge is 0.461 e. The first-order chi connectivity index (χ1) is 8.84. The maximum Gasteiger partial charge on any atom is 0.307 e. The van der Waals surface area contributed by atoms with Crippen molar-refractivity contribution in [2.75, 3.05) is 32.7 Å². The van der Waals surface area contributed by atoms with Crippen molar-refractivity contribution in [3.8, 4) is 0 Å². The highest BCUT2D eigenvalue weighted by Crippen LogP contribution is 2.02. The van der Waals surface area contributed by atoms with Crippen LogP contribution in [0.25, 0.3) is 0 Å². The van der Waals surface area contributed by atoms with E-state index in [1.165, 1.54) is 0 Å². The number of carbonyl (C=O) groups excluding carboxylic acids is 1. The van der Waals surface area contributed by atoms with Gasteiger partial charge in [-0.25, -0.2) is 5.32 Å². The predicted octanol–water partition coefficient (Wildman–Crippen LogP) is 1.04. The zero-order valence-electron chi connectivity index (χ0n) is 10.5. The molecule has 0 aliphatic carbocycles. The van der Waals surface area contributed by atoms with Crippen LogP contribution in [-0.4, -0.2) is 43.6 Å². The van der Waals surface area contributed by atoms with E-state index < -0.39 is 0 Å². The zero-order chi connectivity index (χ0) is 12.6. The second-order valence-electron chi connectivity index (χ2n) is 4.41. The van der Waals surface area contributed by atoms with Crippen molar-refractivity contribution in [1.82, 2.24) is 10.2 Å². The van der Waals surface area contributed by atoms with E-state index in [0.717, 1.165) is 38.3 Å². The van der Waals surface area contributed by atoms with Crippen LogP contribution in [0.1, 0.15) is 12.0 Å². The lowest BCUT2D eigenvalue weighted by Gasteiger charge is -2.25. The molecule has 1 fully saturated rings. The minimum Gasteiger partial charge on any atom is -0.461 e. The van der Waals surface area contributed by atoms with Crippen LogP contribution in [0, 0.1) is 0 Å². The van der Waals surface area contributed by atoms with E-state index >= 15 is 0 Å². The molecule has 4 nitrogen and oxygen atoms in total. The fraction of sp³-hybridized carbons (Fsp3) is 0.500. The number of ether oxygens (including phenoxy) is 1. The standard InChI is InChI=1S/C14H19N2O2/c17-14(6-9-16-10-7-15-8-11-16)18-12-13-4-2-1-3-5-13/h1-5H,6-12H2. The van der Waals surface area contributed by atoms with Crippen molar-refractivity contribution in [3.05, 3.63) is 35.9 Å².